The van der Waals surface area contributed by atoms with Crippen molar-refractivity contribution in [1.29, 1.82) is 0 Å². The lowest BCUT2D eigenvalue weighted by atomic mass is 10.2. The van der Waals surface area contributed by atoms with E-state index in [1.807, 2.05) is 32.9 Å². The van der Waals surface area contributed by atoms with Crippen molar-refractivity contribution in [2.45, 2.75) is 39.7 Å². The number of likely N-dealkylation sites (N-methyl/N-ethyl adjacent to an activating group) is 1. The van der Waals surface area contributed by atoms with E-state index in [0.717, 1.165) is 12.0 Å². The van der Waals surface area contributed by atoms with Gasteiger partial charge in [0.25, 0.3) is 0 Å². The van der Waals surface area contributed by atoms with Crippen LogP contribution in [0.4, 0.5) is 5.69 Å². The number of anilines is 1. The molecule has 1 aliphatic rings. The number of para-hydroxylation sites is 1. The van der Waals surface area contributed by atoms with Crippen LogP contribution in [0.25, 0.3) is 0 Å². The van der Waals surface area contributed by atoms with E-state index in [9.17, 15) is 14.4 Å². The fraction of sp³-hybridized carbons (Fsp3) is 0.526. The highest BCUT2D eigenvalue weighted by atomic mass is 16.5. The van der Waals surface area contributed by atoms with Crippen LogP contribution in [-0.4, -0.2) is 60.3 Å². The Morgan fingerprint density at radius 3 is 2.69 bits per heavy atom. The van der Waals surface area contributed by atoms with Crippen LogP contribution in [0.15, 0.2) is 18.2 Å². The van der Waals surface area contributed by atoms with Crippen molar-refractivity contribution in [3.8, 4) is 5.75 Å². The maximum atomic E-state index is 12.4. The number of ether oxygens (including phenoxy) is 1. The lowest BCUT2D eigenvalue weighted by Crippen LogP contribution is -2.41. The van der Waals surface area contributed by atoms with E-state index in [2.05, 4.69) is 5.32 Å². The van der Waals surface area contributed by atoms with Crippen molar-refractivity contribution in [2.75, 3.05) is 32.0 Å². The number of aryl methyl sites for hydroxylation is 1. The number of carbonyl (C=O) groups excluding carboxylic acids is 3. The van der Waals surface area contributed by atoms with Crippen molar-refractivity contribution in [3.63, 3.8) is 0 Å². The molecule has 1 saturated heterocycles. The summed E-state index contributed by atoms with van der Waals surface area (Å²) in [6.07, 6.45) is 1.36. The average Bonchev–Trinajstić information content (AvgIpc) is 2.99. The van der Waals surface area contributed by atoms with Gasteiger partial charge in [0.1, 0.15) is 5.75 Å². The lowest BCUT2D eigenvalue weighted by molar-refractivity contribution is -0.142. The zero-order valence-electron chi connectivity index (χ0n) is 15.9. The molecule has 1 aliphatic heterocycles. The van der Waals surface area contributed by atoms with Crippen LogP contribution in [0.2, 0.25) is 0 Å². The first-order chi connectivity index (χ1) is 12.3. The molecule has 0 aliphatic carbocycles. The van der Waals surface area contributed by atoms with Crippen LogP contribution in [0.1, 0.15) is 32.3 Å². The van der Waals surface area contributed by atoms with Gasteiger partial charge in [-0.25, -0.2) is 0 Å². The molecule has 7 heteroatoms. The molecular weight excluding hydrogens is 334 g/mol. The van der Waals surface area contributed by atoms with Crippen LogP contribution < -0.4 is 10.1 Å². The molecule has 0 aromatic heterocycles. The van der Waals surface area contributed by atoms with E-state index in [4.69, 9.17) is 4.74 Å². The third-order valence-electron chi connectivity index (χ3n) is 4.25. The topological polar surface area (TPSA) is 79.0 Å². The first kappa shape index (κ1) is 19.8. The van der Waals surface area contributed by atoms with Gasteiger partial charge in [0, 0.05) is 33.1 Å². The van der Waals surface area contributed by atoms with Gasteiger partial charge in [-0.1, -0.05) is 12.1 Å². The standard InChI is InChI=1S/C19H27N3O4/c1-13(2)26-15-8-5-7-14(3)17(15)20-18(24)19(25)21(4)11-12-22-10-6-9-16(22)23/h5,7-8,13H,6,9-12H2,1-4H3,(H,20,24). The van der Waals surface area contributed by atoms with Gasteiger partial charge in [-0.2, -0.15) is 0 Å². The molecule has 26 heavy (non-hydrogen) atoms. The van der Waals surface area contributed by atoms with Crippen molar-refractivity contribution in [2.24, 2.45) is 0 Å². The van der Waals surface area contributed by atoms with E-state index in [0.29, 0.717) is 37.5 Å². The zero-order chi connectivity index (χ0) is 19.3. The number of nitrogens with one attached hydrogen (secondary N) is 1. The lowest BCUT2D eigenvalue weighted by Gasteiger charge is -2.22. The number of hydrogen-bond acceptors (Lipinski definition) is 4. The predicted octanol–water partition coefficient (Wildman–Crippen LogP) is 1.80. The predicted molar refractivity (Wildman–Crippen MR) is 99.0 cm³/mol. The summed E-state index contributed by atoms with van der Waals surface area (Å²) in [5.41, 5.74) is 1.32. The third-order valence-corrected chi connectivity index (χ3v) is 4.25. The average molecular weight is 361 g/mol. The Kier molecular flexibility index (Phi) is 6.60. The first-order valence-corrected chi connectivity index (χ1v) is 8.90. The van der Waals surface area contributed by atoms with E-state index >= 15 is 0 Å². The van der Waals surface area contributed by atoms with Gasteiger partial charge >= 0.3 is 11.8 Å². The van der Waals surface area contributed by atoms with Crippen LogP contribution in [0.3, 0.4) is 0 Å². The minimum Gasteiger partial charge on any atom is -0.489 e. The van der Waals surface area contributed by atoms with E-state index in [1.165, 1.54) is 4.90 Å². The smallest absolute Gasteiger partial charge is 0.314 e. The van der Waals surface area contributed by atoms with Gasteiger partial charge in [-0.05, 0) is 38.8 Å². The van der Waals surface area contributed by atoms with Crippen LogP contribution in [-0.2, 0) is 14.4 Å². The number of carbonyl (C=O) groups is 3. The quantitative estimate of drug-likeness (QED) is 0.784. The number of hydrogen-bond donors (Lipinski definition) is 1. The van der Waals surface area contributed by atoms with Gasteiger partial charge in [-0.3, -0.25) is 14.4 Å². The molecule has 1 aromatic carbocycles. The molecule has 0 saturated carbocycles. The Morgan fingerprint density at radius 1 is 1.35 bits per heavy atom. The largest absolute Gasteiger partial charge is 0.489 e. The monoisotopic (exact) mass is 361 g/mol. The SMILES string of the molecule is Cc1cccc(OC(C)C)c1NC(=O)C(=O)N(C)CCN1CCCC1=O. The summed E-state index contributed by atoms with van der Waals surface area (Å²) in [6, 6.07) is 5.44. The molecule has 1 N–H and O–H groups in total. The van der Waals surface area contributed by atoms with Gasteiger partial charge in [0.2, 0.25) is 5.91 Å². The fourth-order valence-electron chi connectivity index (χ4n) is 2.81. The molecule has 0 radical (unpaired) electrons. The summed E-state index contributed by atoms with van der Waals surface area (Å²) < 4.78 is 5.71. The molecule has 7 nitrogen and oxygen atoms in total. The highest BCUT2D eigenvalue weighted by Crippen LogP contribution is 2.29. The third kappa shape index (κ3) is 4.97. The normalized spacial score (nSPS) is 13.9. The Bertz CT molecular complexity index is 687. The Morgan fingerprint density at radius 2 is 2.08 bits per heavy atom. The Balaban J connectivity index is 1.98. The fourth-order valence-corrected chi connectivity index (χ4v) is 2.81. The number of nitrogens with zero attached hydrogens (tertiary/aromatic N) is 2. The van der Waals surface area contributed by atoms with Crippen LogP contribution >= 0.6 is 0 Å². The van der Waals surface area contributed by atoms with Crippen molar-refractivity contribution >= 4 is 23.4 Å². The van der Waals surface area contributed by atoms with Crippen molar-refractivity contribution in [1.82, 2.24) is 9.80 Å². The van der Waals surface area contributed by atoms with Gasteiger partial charge in [0.15, 0.2) is 0 Å². The summed E-state index contributed by atoms with van der Waals surface area (Å²) in [5.74, 6) is -0.726. The van der Waals surface area contributed by atoms with E-state index in [1.54, 1.807) is 18.0 Å². The molecule has 0 unspecified atom stereocenters. The number of likely N-dealkylation sites (tertiary alicyclic amines) is 1. The second-order valence-electron chi connectivity index (χ2n) is 6.78. The van der Waals surface area contributed by atoms with Crippen molar-refractivity contribution in [3.05, 3.63) is 23.8 Å². The molecule has 1 heterocycles. The summed E-state index contributed by atoms with van der Waals surface area (Å²) in [5, 5.41) is 2.67. The van der Waals surface area contributed by atoms with E-state index < -0.39 is 11.8 Å². The minimum atomic E-state index is -0.719. The summed E-state index contributed by atoms with van der Waals surface area (Å²) >= 11 is 0. The number of benzene rings is 1. The Hall–Kier alpha value is -2.57. The summed E-state index contributed by atoms with van der Waals surface area (Å²) in [4.78, 5) is 39.4. The minimum absolute atomic E-state index is 0.0520. The maximum absolute atomic E-state index is 12.4. The summed E-state index contributed by atoms with van der Waals surface area (Å²) in [6.45, 7) is 7.11. The van der Waals surface area contributed by atoms with Crippen LogP contribution in [0, 0.1) is 6.92 Å². The van der Waals surface area contributed by atoms with Crippen LogP contribution in [0.5, 0.6) is 5.75 Å². The molecule has 142 valence electrons. The number of rotatable bonds is 6. The molecule has 1 aromatic rings. The molecule has 3 amide bonds. The maximum Gasteiger partial charge on any atom is 0.314 e. The Labute approximate surface area is 154 Å². The van der Waals surface area contributed by atoms with Gasteiger partial charge < -0.3 is 19.9 Å². The molecule has 0 atom stereocenters. The molecule has 0 bridgehead atoms. The second kappa shape index (κ2) is 8.69. The van der Waals surface area contributed by atoms with E-state index in [-0.39, 0.29) is 12.0 Å². The molecule has 2 rings (SSSR count). The summed E-state index contributed by atoms with van der Waals surface area (Å²) in [7, 11) is 1.56. The molecule has 1 fully saturated rings. The molecule has 0 spiro atoms. The first-order valence-electron chi connectivity index (χ1n) is 8.90. The van der Waals surface area contributed by atoms with Gasteiger partial charge in [0.05, 0.1) is 11.8 Å². The zero-order valence-corrected chi connectivity index (χ0v) is 15.9. The highest BCUT2D eigenvalue weighted by molar-refractivity contribution is 6.39. The van der Waals surface area contributed by atoms with Gasteiger partial charge in [-0.15, -0.1) is 0 Å². The number of amides is 3. The highest BCUT2D eigenvalue weighted by Gasteiger charge is 2.24. The van der Waals surface area contributed by atoms with Crippen molar-refractivity contribution < 1.29 is 19.1 Å². The molecular formula is C19H27N3O4. The second-order valence-corrected chi connectivity index (χ2v) is 6.78.